The lowest BCUT2D eigenvalue weighted by atomic mass is 9.95. The van der Waals surface area contributed by atoms with E-state index in [0.29, 0.717) is 39.2 Å². The first-order chi connectivity index (χ1) is 18.8. The minimum Gasteiger partial charge on any atom is -0.507 e. The Morgan fingerprint density at radius 2 is 1.87 bits per heavy atom. The number of aliphatic hydroxyl groups excluding tert-OH is 1. The average Bonchev–Trinajstić information content (AvgIpc) is 3.46. The molecule has 39 heavy (non-hydrogen) atoms. The summed E-state index contributed by atoms with van der Waals surface area (Å²) in [7, 11) is 3.87. The SMILES string of the molecule is CCCCOc1cccc(/C(O)=C2\C(=O)C(=O)N(c3nc4ccc(Cl)cc4s3)C2c2ccc(N(C)C)cc2)c1. The number of anilines is 2. The molecule has 4 aromatic rings. The molecule has 0 saturated carbocycles. The van der Waals surface area contributed by atoms with Gasteiger partial charge in [0, 0.05) is 30.4 Å². The number of halogens is 1. The molecule has 1 N–H and O–H groups in total. The first kappa shape index (κ1) is 26.7. The highest BCUT2D eigenvalue weighted by Gasteiger charge is 2.48. The van der Waals surface area contributed by atoms with Gasteiger partial charge in [0.05, 0.1) is 28.4 Å². The minimum absolute atomic E-state index is 0.000555. The number of ketones is 1. The van der Waals surface area contributed by atoms with Crippen molar-refractivity contribution in [3.05, 3.63) is 88.5 Å². The Morgan fingerprint density at radius 3 is 2.59 bits per heavy atom. The molecular weight excluding hydrogens is 534 g/mol. The quantitative estimate of drug-likeness (QED) is 0.110. The fourth-order valence-electron chi connectivity index (χ4n) is 4.51. The number of carbonyl (C=O) groups excluding carboxylic acids is 2. The van der Waals surface area contributed by atoms with Crippen LogP contribution in [0.1, 0.15) is 36.9 Å². The van der Waals surface area contributed by atoms with Gasteiger partial charge >= 0.3 is 5.91 Å². The van der Waals surface area contributed by atoms with Crippen LogP contribution >= 0.6 is 22.9 Å². The van der Waals surface area contributed by atoms with Gasteiger partial charge in [-0.15, -0.1) is 0 Å². The highest BCUT2D eigenvalue weighted by Crippen LogP contribution is 2.45. The van der Waals surface area contributed by atoms with Gasteiger partial charge in [-0.25, -0.2) is 4.98 Å². The maximum atomic E-state index is 13.5. The van der Waals surface area contributed by atoms with E-state index in [2.05, 4.69) is 11.9 Å². The molecular formula is C30H28ClN3O4S. The van der Waals surface area contributed by atoms with Gasteiger partial charge < -0.3 is 14.7 Å². The van der Waals surface area contributed by atoms with Gasteiger partial charge in [-0.2, -0.15) is 0 Å². The molecule has 9 heteroatoms. The molecule has 0 spiro atoms. The highest BCUT2D eigenvalue weighted by atomic mass is 35.5. The van der Waals surface area contributed by atoms with Crippen LogP contribution in [0.3, 0.4) is 0 Å². The van der Waals surface area contributed by atoms with Crippen LogP contribution in [-0.2, 0) is 9.59 Å². The molecule has 0 radical (unpaired) electrons. The third-order valence-electron chi connectivity index (χ3n) is 6.59. The number of rotatable bonds is 8. The van der Waals surface area contributed by atoms with Crippen LogP contribution in [0.25, 0.3) is 16.0 Å². The smallest absolute Gasteiger partial charge is 0.301 e. The number of fused-ring (bicyclic) bond motifs is 1. The highest BCUT2D eigenvalue weighted by molar-refractivity contribution is 7.22. The molecule has 7 nitrogen and oxygen atoms in total. The zero-order valence-corrected chi connectivity index (χ0v) is 23.4. The van der Waals surface area contributed by atoms with Gasteiger partial charge in [0.15, 0.2) is 5.13 Å². The molecule has 1 saturated heterocycles. The van der Waals surface area contributed by atoms with E-state index in [0.717, 1.165) is 23.2 Å². The van der Waals surface area contributed by atoms with Crippen molar-refractivity contribution in [2.45, 2.75) is 25.8 Å². The lowest BCUT2D eigenvalue weighted by Crippen LogP contribution is -2.29. The van der Waals surface area contributed by atoms with Crippen molar-refractivity contribution in [2.75, 3.05) is 30.5 Å². The molecule has 1 aliphatic rings. The first-order valence-corrected chi connectivity index (χ1v) is 13.9. The number of benzene rings is 3. The number of amides is 1. The summed E-state index contributed by atoms with van der Waals surface area (Å²) >= 11 is 7.45. The Kier molecular flexibility index (Phi) is 7.59. The Bertz CT molecular complexity index is 1580. The van der Waals surface area contributed by atoms with Crippen LogP contribution in [-0.4, -0.2) is 42.5 Å². The number of aromatic nitrogens is 1. The Hall–Kier alpha value is -3.88. The Balaban J connectivity index is 1.65. The number of unbranched alkanes of at least 4 members (excludes halogenated alkanes) is 1. The van der Waals surface area contributed by atoms with Gasteiger partial charge in [0.1, 0.15) is 11.5 Å². The molecule has 200 valence electrons. The van der Waals surface area contributed by atoms with Gasteiger partial charge in [-0.1, -0.05) is 60.5 Å². The van der Waals surface area contributed by atoms with E-state index < -0.39 is 17.7 Å². The number of hydrogen-bond acceptors (Lipinski definition) is 7. The number of ether oxygens (including phenoxy) is 1. The van der Waals surface area contributed by atoms with Crippen molar-refractivity contribution in [3.63, 3.8) is 0 Å². The van der Waals surface area contributed by atoms with Gasteiger partial charge in [-0.05, 0) is 54.4 Å². The fraction of sp³-hybridized carbons (Fsp3) is 0.233. The first-order valence-electron chi connectivity index (χ1n) is 12.7. The predicted octanol–water partition coefficient (Wildman–Crippen LogP) is 6.82. The maximum absolute atomic E-state index is 13.5. The van der Waals surface area contributed by atoms with E-state index in [1.54, 1.807) is 42.5 Å². The Morgan fingerprint density at radius 1 is 1.10 bits per heavy atom. The predicted molar refractivity (Wildman–Crippen MR) is 157 cm³/mol. The molecule has 1 fully saturated rings. The Labute approximate surface area is 235 Å². The second kappa shape index (κ2) is 11.1. The second-order valence-corrected chi connectivity index (χ2v) is 10.9. The van der Waals surface area contributed by atoms with Gasteiger partial charge in [0.2, 0.25) is 0 Å². The van der Waals surface area contributed by atoms with E-state index in [9.17, 15) is 14.7 Å². The second-order valence-electron chi connectivity index (χ2n) is 9.49. The number of nitrogens with zero attached hydrogens (tertiary/aromatic N) is 3. The average molecular weight is 562 g/mol. The third kappa shape index (κ3) is 5.22. The van der Waals surface area contributed by atoms with Crippen LogP contribution in [0.15, 0.2) is 72.3 Å². The summed E-state index contributed by atoms with van der Waals surface area (Å²) in [5.74, 6) is -1.21. The largest absolute Gasteiger partial charge is 0.507 e. The number of thiazole rings is 1. The normalized spacial score (nSPS) is 16.7. The summed E-state index contributed by atoms with van der Waals surface area (Å²) in [6, 6.07) is 18.9. The molecule has 5 rings (SSSR count). The van der Waals surface area contributed by atoms with Crippen molar-refractivity contribution in [2.24, 2.45) is 0 Å². The molecule has 3 aromatic carbocycles. The zero-order valence-electron chi connectivity index (χ0n) is 21.8. The number of aliphatic hydroxyl groups is 1. The fourth-order valence-corrected chi connectivity index (χ4v) is 5.78. The van der Waals surface area contributed by atoms with E-state index in [-0.39, 0.29) is 11.3 Å². The van der Waals surface area contributed by atoms with Crippen LogP contribution < -0.4 is 14.5 Å². The molecule has 0 bridgehead atoms. The van der Waals surface area contributed by atoms with Crippen molar-refractivity contribution >= 4 is 61.4 Å². The lowest BCUT2D eigenvalue weighted by Gasteiger charge is -2.23. The van der Waals surface area contributed by atoms with Crippen LogP contribution in [0, 0.1) is 0 Å². The van der Waals surface area contributed by atoms with Crippen molar-refractivity contribution < 1.29 is 19.4 Å². The number of hydrogen-bond donors (Lipinski definition) is 1. The molecule has 1 aliphatic heterocycles. The monoisotopic (exact) mass is 561 g/mol. The minimum atomic E-state index is -0.873. The molecule has 1 amide bonds. The molecule has 1 aromatic heterocycles. The van der Waals surface area contributed by atoms with E-state index >= 15 is 0 Å². The molecule has 2 heterocycles. The summed E-state index contributed by atoms with van der Waals surface area (Å²) in [4.78, 5) is 35.0. The molecule has 1 unspecified atom stereocenters. The van der Waals surface area contributed by atoms with Gasteiger partial charge in [0.25, 0.3) is 5.78 Å². The summed E-state index contributed by atoms with van der Waals surface area (Å²) in [5.41, 5.74) is 2.70. The van der Waals surface area contributed by atoms with Crippen molar-refractivity contribution in [3.8, 4) is 5.75 Å². The van der Waals surface area contributed by atoms with Crippen LogP contribution in [0.4, 0.5) is 10.8 Å². The van der Waals surface area contributed by atoms with E-state index in [4.69, 9.17) is 16.3 Å². The summed E-state index contributed by atoms with van der Waals surface area (Å²) in [6.07, 6.45) is 1.89. The lowest BCUT2D eigenvalue weighted by molar-refractivity contribution is -0.132. The topological polar surface area (TPSA) is 83.0 Å². The molecule has 0 aliphatic carbocycles. The molecule has 1 atom stereocenters. The van der Waals surface area contributed by atoms with Crippen LogP contribution in [0.5, 0.6) is 5.75 Å². The van der Waals surface area contributed by atoms with Crippen LogP contribution in [0.2, 0.25) is 5.02 Å². The van der Waals surface area contributed by atoms with E-state index in [1.807, 2.05) is 43.3 Å². The summed E-state index contributed by atoms with van der Waals surface area (Å²) in [5, 5.41) is 12.4. The third-order valence-corrected chi connectivity index (χ3v) is 7.84. The summed E-state index contributed by atoms with van der Waals surface area (Å²) < 4.78 is 6.60. The van der Waals surface area contributed by atoms with Crippen molar-refractivity contribution in [1.29, 1.82) is 0 Å². The van der Waals surface area contributed by atoms with E-state index in [1.165, 1.54) is 16.2 Å². The summed E-state index contributed by atoms with van der Waals surface area (Å²) in [6.45, 7) is 2.63. The zero-order chi connectivity index (χ0) is 27.7. The number of Topliss-reactive ketones (excluding diaryl/α,β-unsaturated/α-hetero) is 1. The maximum Gasteiger partial charge on any atom is 0.301 e. The van der Waals surface area contributed by atoms with Crippen molar-refractivity contribution in [1.82, 2.24) is 4.98 Å². The van der Waals surface area contributed by atoms with Gasteiger partial charge in [-0.3, -0.25) is 14.5 Å². The standard InChI is InChI=1S/C30H28ClN3O4S/c1-4-5-15-38-22-8-6-7-19(16-22)27(35)25-26(18-9-12-21(13-10-18)33(2)3)34(29(37)28(25)36)30-32-23-14-11-20(31)17-24(23)39-30/h6-14,16-17,26,35H,4-5,15H2,1-3H3/b27-25+. The number of carbonyl (C=O) groups is 2.